The first-order chi connectivity index (χ1) is 9.13. The Labute approximate surface area is 112 Å². The molecule has 0 aromatic carbocycles. The fourth-order valence-electron chi connectivity index (χ4n) is 2.36. The molecule has 4 amide bonds. The highest BCUT2D eigenvalue weighted by Gasteiger charge is 2.38. The molecule has 2 rings (SSSR count). The molecule has 2 heterocycles. The van der Waals surface area contributed by atoms with Crippen LogP contribution < -0.4 is 10.6 Å². The van der Waals surface area contributed by atoms with E-state index in [0.717, 1.165) is 24.4 Å². The Balaban J connectivity index is 1.92. The molecule has 0 saturated carbocycles. The Kier molecular flexibility index (Phi) is 4.36. The third kappa shape index (κ3) is 3.04. The zero-order valence-electron chi connectivity index (χ0n) is 11.1. The molecule has 0 radical (unpaired) electrons. The molecule has 106 valence electrons. The van der Waals surface area contributed by atoms with E-state index < -0.39 is 12.1 Å². The summed E-state index contributed by atoms with van der Waals surface area (Å²) < 4.78 is 0. The zero-order chi connectivity index (χ0) is 13.8. The van der Waals surface area contributed by atoms with Gasteiger partial charge in [0.2, 0.25) is 5.91 Å². The highest BCUT2D eigenvalue weighted by atomic mass is 16.2. The maximum absolute atomic E-state index is 12.0. The molecule has 0 aliphatic carbocycles. The molecule has 0 spiro atoms. The van der Waals surface area contributed by atoms with Crippen LogP contribution in [-0.4, -0.2) is 66.4 Å². The van der Waals surface area contributed by atoms with Crippen LogP contribution in [0.2, 0.25) is 0 Å². The number of nitrogens with one attached hydrogen (secondary N) is 2. The Morgan fingerprint density at radius 3 is 2.63 bits per heavy atom. The summed E-state index contributed by atoms with van der Waals surface area (Å²) in [5.41, 5.74) is 0. The third-order valence-electron chi connectivity index (χ3n) is 3.45. The predicted molar refractivity (Wildman–Crippen MR) is 68.4 cm³/mol. The van der Waals surface area contributed by atoms with E-state index in [1.807, 2.05) is 6.92 Å². The minimum absolute atomic E-state index is 0.148. The average molecular weight is 268 g/mol. The van der Waals surface area contributed by atoms with Crippen LogP contribution in [-0.2, 0) is 9.59 Å². The standard InChI is InChI=1S/C12H20N4O3/c1-2-3-9-11(18)16(12(19)14-9)8-10(17)15-6-4-13-5-7-15/h9,13H,2-8H2,1H3,(H,14,19). The normalized spacial score (nSPS) is 23.7. The van der Waals surface area contributed by atoms with Crippen molar-refractivity contribution >= 4 is 17.8 Å². The van der Waals surface area contributed by atoms with Gasteiger partial charge in [-0.05, 0) is 6.42 Å². The fourth-order valence-corrected chi connectivity index (χ4v) is 2.36. The molecule has 0 aromatic heterocycles. The van der Waals surface area contributed by atoms with Gasteiger partial charge in [0.15, 0.2) is 0 Å². The van der Waals surface area contributed by atoms with Gasteiger partial charge in [0.25, 0.3) is 5.91 Å². The summed E-state index contributed by atoms with van der Waals surface area (Å²) >= 11 is 0. The van der Waals surface area contributed by atoms with E-state index in [2.05, 4.69) is 10.6 Å². The smallest absolute Gasteiger partial charge is 0.325 e. The van der Waals surface area contributed by atoms with Gasteiger partial charge < -0.3 is 15.5 Å². The number of rotatable bonds is 4. The van der Waals surface area contributed by atoms with Gasteiger partial charge in [0.1, 0.15) is 12.6 Å². The van der Waals surface area contributed by atoms with Crippen LogP contribution in [0.4, 0.5) is 4.79 Å². The molecule has 2 aliphatic heterocycles. The molecule has 2 fully saturated rings. The maximum atomic E-state index is 12.0. The van der Waals surface area contributed by atoms with Crippen LogP contribution in [0.3, 0.4) is 0 Å². The lowest BCUT2D eigenvalue weighted by Crippen LogP contribution is -2.50. The molecule has 2 saturated heterocycles. The van der Waals surface area contributed by atoms with E-state index in [1.165, 1.54) is 0 Å². The molecule has 1 atom stereocenters. The molecule has 0 aromatic rings. The molecule has 2 N–H and O–H groups in total. The lowest BCUT2D eigenvalue weighted by atomic mass is 10.2. The molecular formula is C12H20N4O3. The lowest BCUT2D eigenvalue weighted by molar-refractivity contribution is -0.137. The van der Waals surface area contributed by atoms with Gasteiger partial charge in [-0.25, -0.2) is 4.79 Å². The monoisotopic (exact) mass is 268 g/mol. The largest absolute Gasteiger partial charge is 0.339 e. The van der Waals surface area contributed by atoms with Crippen LogP contribution in [0, 0.1) is 0 Å². The summed E-state index contributed by atoms with van der Waals surface area (Å²) in [5.74, 6) is -0.447. The quantitative estimate of drug-likeness (QED) is 0.650. The van der Waals surface area contributed by atoms with Crippen molar-refractivity contribution in [3.8, 4) is 0 Å². The minimum atomic E-state index is -0.465. The molecule has 7 heteroatoms. The van der Waals surface area contributed by atoms with Crippen LogP contribution >= 0.6 is 0 Å². The number of urea groups is 1. The molecule has 2 aliphatic rings. The second-order valence-electron chi connectivity index (χ2n) is 4.85. The van der Waals surface area contributed by atoms with Gasteiger partial charge in [-0.15, -0.1) is 0 Å². The number of piperazine rings is 1. The van der Waals surface area contributed by atoms with E-state index in [0.29, 0.717) is 19.5 Å². The van der Waals surface area contributed by atoms with E-state index >= 15 is 0 Å². The number of imide groups is 1. The highest BCUT2D eigenvalue weighted by molar-refractivity contribution is 6.06. The average Bonchev–Trinajstić information content (AvgIpc) is 2.68. The van der Waals surface area contributed by atoms with Gasteiger partial charge in [-0.3, -0.25) is 14.5 Å². The van der Waals surface area contributed by atoms with Gasteiger partial charge in [0.05, 0.1) is 0 Å². The van der Waals surface area contributed by atoms with Crippen molar-refractivity contribution in [3.63, 3.8) is 0 Å². The van der Waals surface area contributed by atoms with E-state index in [-0.39, 0.29) is 18.4 Å². The molecule has 7 nitrogen and oxygen atoms in total. The van der Waals surface area contributed by atoms with Crippen molar-refractivity contribution < 1.29 is 14.4 Å². The van der Waals surface area contributed by atoms with E-state index in [4.69, 9.17) is 0 Å². The zero-order valence-corrected chi connectivity index (χ0v) is 11.1. The SMILES string of the molecule is CCCC1NC(=O)N(CC(=O)N2CCNCC2)C1=O. The van der Waals surface area contributed by atoms with Gasteiger partial charge >= 0.3 is 6.03 Å². The fraction of sp³-hybridized carbons (Fsp3) is 0.750. The molecule has 0 bridgehead atoms. The predicted octanol–water partition coefficient (Wildman–Crippen LogP) is -0.861. The van der Waals surface area contributed by atoms with Crippen molar-refractivity contribution in [2.24, 2.45) is 0 Å². The maximum Gasteiger partial charge on any atom is 0.325 e. The third-order valence-corrected chi connectivity index (χ3v) is 3.45. The summed E-state index contributed by atoms with van der Waals surface area (Å²) in [6, 6.07) is -0.916. The second kappa shape index (κ2) is 6.01. The number of amides is 4. The van der Waals surface area contributed by atoms with Gasteiger partial charge in [-0.1, -0.05) is 13.3 Å². The number of carbonyl (C=O) groups is 3. The molecule has 19 heavy (non-hydrogen) atoms. The summed E-state index contributed by atoms with van der Waals surface area (Å²) in [7, 11) is 0. The summed E-state index contributed by atoms with van der Waals surface area (Å²) in [6.07, 6.45) is 1.43. The Bertz CT molecular complexity index is 379. The summed E-state index contributed by atoms with van der Waals surface area (Å²) in [6.45, 7) is 4.56. The second-order valence-corrected chi connectivity index (χ2v) is 4.85. The van der Waals surface area contributed by atoms with E-state index in [1.54, 1.807) is 4.90 Å². The molecular weight excluding hydrogens is 248 g/mol. The Hall–Kier alpha value is -1.63. The topological polar surface area (TPSA) is 81.8 Å². The van der Waals surface area contributed by atoms with Crippen molar-refractivity contribution in [3.05, 3.63) is 0 Å². The van der Waals surface area contributed by atoms with Crippen molar-refractivity contribution in [1.29, 1.82) is 0 Å². The van der Waals surface area contributed by atoms with Crippen molar-refractivity contribution in [2.45, 2.75) is 25.8 Å². The first-order valence-corrected chi connectivity index (χ1v) is 6.74. The lowest BCUT2D eigenvalue weighted by Gasteiger charge is -2.28. The molecule has 1 unspecified atom stereocenters. The van der Waals surface area contributed by atoms with Crippen LogP contribution in [0.15, 0.2) is 0 Å². The first kappa shape index (κ1) is 13.8. The number of hydrogen-bond donors (Lipinski definition) is 2. The summed E-state index contributed by atoms with van der Waals surface area (Å²) in [5, 5.41) is 5.77. The van der Waals surface area contributed by atoms with E-state index in [9.17, 15) is 14.4 Å². The van der Waals surface area contributed by atoms with Crippen molar-refractivity contribution in [2.75, 3.05) is 32.7 Å². The van der Waals surface area contributed by atoms with Gasteiger partial charge in [0, 0.05) is 26.2 Å². The van der Waals surface area contributed by atoms with Crippen molar-refractivity contribution in [1.82, 2.24) is 20.4 Å². The Morgan fingerprint density at radius 1 is 1.32 bits per heavy atom. The number of hydrogen-bond acceptors (Lipinski definition) is 4. The number of nitrogens with zero attached hydrogens (tertiary/aromatic N) is 2. The highest BCUT2D eigenvalue weighted by Crippen LogP contribution is 2.11. The van der Waals surface area contributed by atoms with Crippen LogP contribution in [0.1, 0.15) is 19.8 Å². The first-order valence-electron chi connectivity index (χ1n) is 6.74. The van der Waals surface area contributed by atoms with Crippen LogP contribution in [0.5, 0.6) is 0 Å². The van der Waals surface area contributed by atoms with Gasteiger partial charge in [-0.2, -0.15) is 0 Å². The number of carbonyl (C=O) groups excluding carboxylic acids is 3. The summed E-state index contributed by atoms with van der Waals surface area (Å²) in [4.78, 5) is 38.4. The Morgan fingerprint density at radius 2 is 2.00 bits per heavy atom. The van der Waals surface area contributed by atoms with Crippen LogP contribution in [0.25, 0.3) is 0 Å². The minimum Gasteiger partial charge on any atom is -0.339 e.